The van der Waals surface area contributed by atoms with E-state index in [0.717, 1.165) is 25.1 Å². The van der Waals surface area contributed by atoms with Crippen LogP contribution in [-0.2, 0) is 0 Å². The Hall–Kier alpha value is -0.770. The number of benzene rings is 1. The smallest absolute Gasteiger partial charge is 0.0943 e. The third-order valence-electron chi connectivity index (χ3n) is 2.90. The number of hydrogen-bond acceptors (Lipinski definition) is 3. The molecule has 4 heteroatoms. The highest BCUT2D eigenvalue weighted by Gasteiger charge is 2.28. The number of hydrogen-bond donors (Lipinski definition) is 3. The van der Waals surface area contributed by atoms with E-state index >= 15 is 0 Å². The van der Waals surface area contributed by atoms with Gasteiger partial charge in [-0.2, -0.15) is 0 Å². The van der Waals surface area contributed by atoms with Crippen LogP contribution < -0.4 is 10.6 Å². The van der Waals surface area contributed by atoms with Crippen molar-refractivity contribution in [3.05, 3.63) is 29.3 Å². The first-order valence-corrected chi connectivity index (χ1v) is 5.98. The Morgan fingerprint density at radius 2 is 2.38 bits per heavy atom. The lowest BCUT2D eigenvalue weighted by Crippen LogP contribution is -2.50. The fraction of sp³-hybridized carbons (Fsp3) is 0.500. The fourth-order valence-electron chi connectivity index (χ4n) is 1.97. The minimum absolute atomic E-state index is 0.556. The second-order valence-corrected chi connectivity index (χ2v) is 4.81. The summed E-state index contributed by atoms with van der Waals surface area (Å²) in [6, 6.07) is 7.55. The van der Waals surface area contributed by atoms with Crippen molar-refractivity contribution in [3.8, 4) is 0 Å². The van der Waals surface area contributed by atoms with Crippen molar-refractivity contribution in [2.45, 2.75) is 18.4 Å². The van der Waals surface area contributed by atoms with E-state index in [9.17, 15) is 5.11 Å². The first-order valence-electron chi connectivity index (χ1n) is 5.61. The Kier molecular flexibility index (Phi) is 3.69. The molecular formula is C12H17ClN2O. The number of aliphatic hydroxyl groups is 1. The van der Waals surface area contributed by atoms with Gasteiger partial charge in [-0.05, 0) is 37.6 Å². The van der Waals surface area contributed by atoms with Crippen LogP contribution in [0.5, 0.6) is 0 Å². The Morgan fingerprint density at radius 1 is 1.50 bits per heavy atom. The van der Waals surface area contributed by atoms with E-state index in [0.29, 0.717) is 18.1 Å². The van der Waals surface area contributed by atoms with Gasteiger partial charge in [-0.3, -0.25) is 0 Å². The third kappa shape index (κ3) is 3.11. The lowest BCUT2D eigenvalue weighted by atomic mass is 9.94. The van der Waals surface area contributed by atoms with Gasteiger partial charge in [-0.1, -0.05) is 17.7 Å². The molecule has 16 heavy (non-hydrogen) atoms. The van der Waals surface area contributed by atoms with Crippen LogP contribution in [0.1, 0.15) is 12.8 Å². The van der Waals surface area contributed by atoms with Crippen molar-refractivity contribution in [3.63, 3.8) is 0 Å². The van der Waals surface area contributed by atoms with Crippen LogP contribution in [0, 0.1) is 0 Å². The Bertz CT molecular complexity index is 351. The number of rotatable bonds is 3. The van der Waals surface area contributed by atoms with Crippen molar-refractivity contribution >= 4 is 17.3 Å². The minimum atomic E-state index is -0.638. The van der Waals surface area contributed by atoms with Gasteiger partial charge in [-0.15, -0.1) is 0 Å². The highest BCUT2D eigenvalue weighted by Crippen LogP contribution is 2.19. The molecule has 3 nitrogen and oxygen atoms in total. The van der Waals surface area contributed by atoms with Gasteiger partial charge >= 0.3 is 0 Å². The molecule has 1 aromatic carbocycles. The maximum Gasteiger partial charge on any atom is 0.0943 e. The number of nitrogens with one attached hydrogen (secondary N) is 2. The van der Waals surface area contributed by atoms with Crippen LogP contribution in [0.25, 0.3) is 0 Å². The third-order valence-corrected chi connectivity index (χ3v) is 3.13. The zero-order valence-electron chi connectivity index (χ0n) is 9.17. The molecule has 1 atom stereocenters. The summed E-state index contributed by atoms with van der Waals surface area (Å²) in [5.74, 6) is 0. The lowest BCUT2D eigenvalue weighted by molar-refractivity contribution is 0.0292. The molecular weight excluding hydrogens is 224 g/mol. The predicted octanol–water partition coefficient (Wildman–Crippen LogP) is 1.87. The maximum atomic E-state index is 10.2. The zero-order chi connectivity index (χ0) is 11.4. The van der Waals surface area contributed by atoms with E-state index in [1.165, 1.54) is 0 Å². The molecule has 1 unspecified atom stereocenters. The monoisotopic (exact) mass is 240 g/mol. The molecule has 0 spiro atoms. The Balaban J connectivity index is 1.91. The van der Waals surface area contributed by atoms with Gasteiger partial charge in [0.15, 0.2) is 0 Å². The van der Waals surface area contributed by atoms with E-state index in [4.69, 9.17) is 11.6 Å². The van der Waals surface area contributed by atoms with E-state index in [2.05, 4.69) is 10.6 Å². The molecule has 0 saturated carbocycles. The summed E-state index contributed by atoms with van der Waals surface area (Å²) < 4.78 is 0. The SMILES string of the molecule is OC1(CNc2cccc(Cl)c2)CCCNC1. The number of halogens is 1. The molecule has 1 saturated heterocycles. The average molecular weight is 241 g/mol. The van der Waals surface area contributed by atoms with E-state index in [1.807, 2.05) is 24.3 Å². The van der Waals surface area contributed by atoms with Crippen LogP contribution in [-0.4, -0.2) is 30.3 Å². The summed E-state index contributed by atoms with van der Waals surface area (Å²) in [4.78, 5) is 0. The molecule has 0 aromatic heterocycles. The summed E-state index contributed by atoms with van der Waals surface area (Å²) in [6.45, 7) is 2.21. The van der Waals surface area contributed by atoms with E-state index in [-0.39, 0.29) is 0 Å². The molecule has 3 N–H and O–H groups in total. The van der Waals surface area contributed by atoms with Crippen LogP contribution in [0.4, 0.5) is 5.69 Å². The molecule has 1 aromatic rings. The molecule has 0 amide bonds. The summed E-state index contributed by atoms with van der Waals surface area (Å²) in [6.07, 6.45) is 1.86. The normalized spacial score (nSPS) is 25.4. The zero-order valence-corrected chi connectivity index (χ0v) is 9.93. The van der Waals surface area contributed by atoms with Crippen molar-refractivity contribution in [2.75, 3.05) is 25.0 Å². The van der Waals surface area contributed by atoms with Crippen LogP contribution >= 0.6 is 11.6 Å². The summed E-state index contributed by atoms with van der Waals surface area (Å²) >= 11 is 5.89. The number of β-amino-alcohol motifs (C(OH)–C–C–N with tert-alkyl or cyclic N) is 1. The largest absolute Gasteiger partial charge is 0.387 e. The average Bonchev–Trinajstić information content (AvgIpc) is 2.28. The van der Waals surface area contributed by atoms with Gasteiger partial charge in [0, 0.05) is 23.8 Å². The quantitative estimate of drug-likeness (QED) is 0.756. The van der Waals surface area contributed by atoms with E-state index in [1.54, 1.807) is 0 Å². The van der Waals surface area contributed by atoms with Crippen molar-refractivity contribution in [1.29, 1.82) is 0 Å². The van der Waals surface area contributed by atoms with Gasteiger partial charge in [0.2, 0.25) is 0 Å². The second kappa shape index (κ2) is 5.04. The van der Waals surface area contributed by atoms with Gasteiger partial charge in [0.1, 0.15) is 0 Å². The molecule has 0 aliphatic carbocycles. The topological polar surface area (TPSA) is 44.3 Å². The Morgan fingerprint density at radius 3 is 3.06 bits per heavy atom. The molecule has 2 rings (SSSR count). The molecule has 88 valence electrons. The minimum Gasteiger partial charge on any atom is -0.387 e. The first-order chi connectivity index (χ1) is 7.68. The standard InChI is InChI=1S/C12H17ClN2O/c13-10-3-1-4-11(7-10)15-9-12(16)5-2-6-14-8-12/h1,3-4,7,14-16H,2,5-6,8-9H2. The highest BCUT2D eigenvalue weighted by atomic mass is 35.5. The molecule has 1 heterocycles. The summed E-state index contributed by atoms with van der Waals surface area (Å²) in [5.41, 5.74) is 0.312. The van der Waals surface area contributed by atoms with Crippen molar-refractivity contribution in [2.24, 2.45) is 0 Å². The van der Waals surface area contributed by atoms with Gasteiger partial charge < -0.3 is 15.7 Å². The molecule has 1 aliphatic rings. The molecule has 1 fully saturated rings. The van der Waals surface area contributed by atoms with Crippen LogP contribution in [0.15, 0.2) is 24.3 Å². The van der Waals surface area contributed by atoms with Crippen LogP contribution in [0.3, 0.4) is 0 Å². The summed E-state index contributed by atoms with van der Waals surface area (Å²) in [5, 5.41) is 17.4. The van der Waals surface area contributed by atoms with Crippen molar-refractivity contribution in [1.82, 2.24) is 5.32 Å². The Labute approximate surface area is 101 Å². The first kappa shape index (κ1) is 11.7. The predicted molar refractivity (Wildman–Crippen MR) is 67.0 cm³/mol. The van der Waals surface area contributed by atoms with Gasteiger partial charge in [0.25, 0.3) is 0 Å². The van der Waals surface area contributed by atoms with E-state index < -0.39 is 5.60 Å². The highest BCUT2D eigenvalue weighted by molar-refractivity contribution is 6.30. The molecule has 1 aliphatic heterocycles. The number of anilines is 1. The summed E-state index contributed by atoms with van der Waals surface area (Å²) in [7, 11) is 0. The molecule has 0 bridgehead atoms. The van der Waals surface area contributed by atoms with Crippen LogP contribution in [0.2, 0.25) is 5.02 Å². The molecule has 0 radical (unpaired) electrons. The van der Waals surface area contributed by atoms with Gasteiger partial charge in [0.05, 0.1) is 5.60 Å². The maximum absolute atomic E-state index is 10.2. The lowest BCUT2D eigenvalue weighted by Gasteiger charge is -2.33. The van der Waals surface area contributed by atoms with Gasteiger partial charge in [-0.25, -0.2) is 0 Å². The fourth-order valence-corrected chi connectivity index (χ4v) is 2.16. The van der Waals surface area contributed by atoms with Crippen molar-refractivity contribution < 1.29 is 5.11 Å². The number of piperidine rings is 1. The second-order valence-electron chi connectivity index (χ2n) is 4.37.